The number of nitrogens with zero attached hydrogens (tertiary/aromatic N) is 1. The number of nitrogens with one attached hydrogen (secondary N) is 1. The molecule has 0 aliphatic rings. The Morgan fingerprint density at radius 3 is 2.90 bits per heavy atom. The van der Waals surface area contributed by atoms with Crippen LogP contribution in [0, 0.1) is 6.92 Å². The normalized spacial score (nSPS) is 10.6. The fraction of sp³-hybridized carbons (Fsp3) is 0.267. The van der Waals surface area contributed by atoms with Crippen molar-refractivity contribution in [3.63, 3.8) is 0 Å². The molecule has 2 aromatic rings. The molecule has 20 heavy (non-hydrogen) atoms. The molecule has 0 aliphatic heterocycles. The van der Waals surface area contributed by atoms with Crippen LogP contribution < -0.4 is 10.1 Å². The van der Waals surface area contributed by atoms with Gasteiger partial charge in [0.15, 0.2) is 0 Å². The summed E-state index contributed by atoms with van der Waals surface area (Å²) in [4.78, 5) is 4.22. The third-order valence-corrected chi connectivity index (χ3v) is 3.67. The third kappa shape index (κ3) is 3.95. The highest BCUT2D eigenvalue weighted by Gasteiger charge is 2.07. The van der Waals surface area contributed by atoms with Crippen LogP contribution in [0.3, 0.4) is 0 Å². The van der Waals surface area contributed by atoms with Gasteiger partial charge in [-0.25, -0.2) is 4.98 Å². The van der Waals surface area contributed by atoms with E-state index < -0.39 is 0 Å². The number of rotatable bonds is 5. The van der Waals surface area contributed by atoms with Gasteiger partial charge in [0.2, 0.25) is 5.88 Å². The maximum atomic E-state index is 6.13. The maximum absolute atomic E-state index is 6.13. The molecule has 0 saturated carbocycles. The quantitative estimate of drug-likeness (QED) is 0.843. The molecule has 0 saturated heterocycles. The van der Waals surface area contributed by atoms with Crippen molar-refractivity contribution in [3.05, 3.63) is 51.1 Å². The Balaban J connectivity index is 2.22. The second kappa shape index (κ2) is 7.07. The largest absolute Gasteiger partial charge is 0.439 e. The summed E-state index contributed by atoms with van der Waals surface area (Å²) in [6, 6.07) is 7.77. The molecule has 1 aromatic carbocycles. The van der Waals surface area contributed by atoms with Gasteiger partial charge in [-0.3, -0.25) is 0 Å². The average molecular weight is 356 g/mol. The first-order chi connectivity index (χ1) is 9.60. The number of pyridine rings is 1. The van der Waals surface area contributed by atoms with Gasteiger partial charge in [-0.05, 0) is 36.7 Å². The van der Waals surface area contributed by atoms with Crippen molar-refractivity contribution < 1.29 is 4.74 Å². The summed E-state index contributed by atoms with van der Waals surface area (Å²) in [6.45, 7) is 5.64. The van der Waals surface area contributed by atoms with E-state index in [0.29, 0.717) is 17.4 Å². The summed E-state index contributed by atoms with van der Waals surface area (Å²) in [6.07, 6.45) is 1.62. The molecule has 0 atom stereocenters. The first-order valence-corrected chi connectivity index (χ1v) is 7.56. The molecule has 1 aromatic heterocycles. The molecule has 1 N–H and O–H groups in total. The summed E-state index contributed by atoms with van der Waals surface area (Å²) >= 11 is 9.56. The van der Waals surface area contributed by atoms with Crippen LogP contribution in [0.5, 0.6) is 11.6 Å². The van der Waals surface area contributed by atoms with Crippen LogP contribution in [0.1, 0.15) is 18.1 Å². The van der Waals surface area contributed by atoms with E-state index in [0.717, 1.165) is 27.9 Å². The van der Waals surface area contributed by atoms with Gasteiger partial charge in [-0.2, -0.15) is 0 Å². The molecule has 0 radical (unpaired) electrons. The van der Waals surface area contributed by atoms with E-state index >= 15 is 0 Å². The Hall–Kier alpha value is -1.10. The lowest BCUT2D eigenvalue weighted by atomic mass is 10.2. The van der Waals surface area contributed by atoms with E-state index in [1.54, 1.807) is 6.20 Å². The van der Waals surface area contributed by atoms with Crippen molar-refractivity contribution in [1.82, 2.24) is 10.3 Å². The van der Waals surface area contributed by atoms with Crippen molar-refractivity contribution in [2.45, 2.75) is 20.4 Å². The zero-order valence-electron chi connectivity index (χ0n) is 11.4. The number of hydrogen-bond donors (Lipinski definition) is 1. The van der Waals surface area contributed by atoms with Crippen LogP contribution >= 0.6 is 27.5 Å². The lowest BCUT2D eigenvalue weighted by molar-refractivity contribution is 0.458. The highest BCUT2D eigenvalue weighted by molar-refractivity contribution is 9.10. The monoisotopic (exact) mass is 354 g/mol. The summed E-state index contributed by atoms with van der Waals surface area (Å²) in [5.41, 5.74) is 2.03. The molecule has 0 spiro atoms. The van der Waals surface area contributed by atoms with E-state index in [2.05, 4.69) is 33.2 Å². The van der Waals surface area contributed by atoms with Crippen LogP contribution in [0.2, 0.25) is 5.02 Å². The van der Waals surface area contributed by atoms with Crippen molar-refractivity contribution in [1.29, 1.82) is 0 Å². The van der Waals surface area contributed by atoms with Crippen LogP contribution in [0.4, 0.5) is 0 Å². The number of aryl methyl sites for hydroxylation is 1. The molecule has 106 valence electrons. The number of aromatic nitrogens is 1. The lowest BCUT2D eigenvalue weighted by Gasteiger charge is -2.10. The molecular weight excluding hydrogens is 340 g/mol. The highest BCUT2D eigenvalue weighted by atomic mass is 79.9. The fourth-order valence-electron chi connectivity index (χ4n) is 1.71. The van der Waals surface area contributed by atoms with Crippen LogP contribution in [-0.2, 0) is 6.54 Å². The minimum atomic E-state index is 0.545. The van der Waals surface area contributed by atoms with Gasteiger partial charge in [0.1, 0.15) is 5.75 Å². The van der Waals surface area contributed by atoms with E-state index in [1.165, 1.54) is 0 Å². The van der Waals surface area contributed by atoms with Gasteiger partial charge in [-0.15, -0.1) is 0 Å². The molecule has 3 nitrogen and oxygen atoms in total. The van der Waals surface area contributed by atoms with Gasteiger partial charge < -0.3 is 10.1 Å². The lowest BCUT2D eigenvalue weighted by Crippen LogP contribution is -2.12. The second-order valence-electron chi connectivity index (χ2n) is 4.41. The van der Waals surface area contributed by atoms with Crippen LogP contribution in [0.25, 0.3) is 0 Å². The molecule has 0 amide bonds. The van der Waals surface area contributed by atoms with Crippen LogP contribution in [0.15, 0.2) is 34.9 Å². The van der Waals surface area contributed by atoms with Crippen LogP contribution in [-0.4, -0.2) is 11.5 Å². The van der Waals surface area contributed by atoms with Gasteiger partial charge in [-0.1, -0.05) is 40.5 Å². The van der Waals surface area contributed by atoms with Gasteiger partial charge in [0.05, 0.1) is 5.02 Å². The first-order valence-electron chi connectivity index (χ1n) is 6.39. The van der Waals surface area contributed by atoms with E-state index in [9.17, 15) is 0 Å². The van der Waals surface area contributed by atoms with Gasteiger partial charge >= 0.3 is 0 Å². The molecule has 0 bridgehead atoms. The van der Waals surface area contributed by atoms with Crippen molar-refractivity contribution >= 4 is 27.5 Å². The molecule has 0 unspecified atom stereocenters. The Kier molecular flexibility index (Phi) is 5.40. The van der Waals surface area contributed by atoms with Gasteiger partial charge in [0, 0.05) is 23.3 Å². The molecule has 5 heteroatoms. The molecule has 1 heterocycles. The minimum Gasteiger partial charge on any atom is -0.439 e. The van der Waals surface area contributed by atoms with Crippen molar-refractivity contribution in [2.24, 2.45) is 0 Å². The van der Waals surface area contributed by atoms with Crippen molar-refractivity contribution in [2.75, 3.05) is 6.54 Å². The average Bonchev–Trinajstić information content (AvgIpc) is 2.43. The Morgan fingerprint density at radius 2 is 2.15 bits per heavy atom. The fourth-order valence-corrected chi connectivity index (χ4v) is 2.22. The standard InChI is InChI=1S/C15H16BrClN2O/c1-3-18-8-11-6-15(19-9-13(11)17)20-14-7-12(16)5-4-10(14)2/h4-7,9,18H,3,8H2,1-2H3. The summed E-state index contributed by atoms with van der Waals surface area (Å²) in [7, 11) is 0. The topological polar surface area (TPSA) is 34.1 Å². The Bertz CT molecular complexity index is 604. The smallest absolute Gasteiger partial charge is 0.219 e. The van der Waals surface area contributed by atoms with E-state index in [-0.39, 0.29) is 0 Å². The Labute approximate surface area is 132 Å². The first kappa shape index (κ1) is 15.3. The third-order valence-electron chi connectivity index (χ3n) is 2.84. The summed E-state index contributed by atoms with van der Waals surface area (Å²) < 4.78 is 6.81. The predicted molar refractivity (Wildman–Crippen MR) is 85.6 cm³/mol. The molecule has 2 rings (SSSR count). The molecular formula is C15H16BrClN2O. The van der Waals surface area contributed by atoms with Crippen molar-refractivity contribution in [3.8, 4) is 11.6 Å². The number of ether oxygens (including phenoxy) is 1. The SMILES string of the molecule is CCNCc1cc(Oc2cc(Br)ccc2C)ncc1Cl. The maximum Gasteiger partial charge on any atom is 0.219 e. The van der Waals surface area contributed by atoms with Gasteiger partial charge in [0.25, 0.3) is 0 Å². The highest BCUT2D eigenvalue weighted by Crippen LogP contribution is 2.28. The second-order valence-corrected chi connectivity index (χ2v) is 5.73. The summed E-state index contributed by atoms with van der Waals surface area (Å²) in [5, 5.41) is 3.88. The zero-order valence-corrected chi connectivity index (χ0v) is 13.8. The predicted octanol–water partition coefficient (Wildman–Crippen LogP) is 4.71. The number of halogens is 2. The number of hydrogen-bond acceptors (Lipinski definition) is 3. The number of benzene rings is 1. The zero-order chi connectivity index (χ0) is 14.5. The molecule has 0 aliphatic carbocycles. The minimum absolute atomic E-state index is 0.545. The van der Waals surface area contributed by atoms with E-state index in [1.807, 2.05) is 31.2 Å². The Morgan fingerprint density at radius 1 is 1.35 bits per heavy atom. The summed E-state index contributed by atoms with van der Waals surface area (Å²) in [5.74, 6) is 1.33. The molecule has 0 fully saturated rings. The van der Waals surface area contributed by atoms with E-state index in [4.69, 9.17) is 16.3 Å².